The van der Waals surface area contributed by atoms with E-state index in [1.807, 2.05) is 18.2 Å². The molecule has 33 heavy (non-hydrogen) atoms. The first-order valence-electron chi connectivity index (χ1n) is 11.4. The Morgan fingerprint density at radius 1 is 0.879 bits per heavy atom. The van der Waals surface area contributed by atoms with Crippen LogP contribution in [0.4, 0.5) is 0 Å². The fraction of sp³-hybridized carbons (Fsp3) is 0.0645. The Bertz CT molecular complexity index is 1630. The lowest BCUT2D eigenvalue weighted by molar-refractivity contribution is 0.943. The van der Waals surface area contributed by atoms with E-state index in [2.05, 4.69) is 96.4 Å². The Kier molecular flexibility index (Phi) is 4.58. The number of rotatable bonds is 4. The Morgan fingerprint density at radius 3 is 2.55 bits per heavy atom. The molecule has 0 N–H and O–H groups in total. The number of fused-ring (bicyclic) bond motifs is 8. The van der Waals surface area contributed by atoms with Gasteiger partial charge >= 0.3 is 0 Å². The van der Waals surface area contributed by atoms with Crippen LogP contribution < -0.4 is 0 Å². The van der Waals surface area contributed by atoms with Gasteiger partial charge in [-0.15, -0.1) is 0 Å². The molecule has 0 bridgehead atoms. The predicted molar refractivity (Wildman–Crippen MR) is 141 cm³/mol. The first-order valence-corrected chi connectivity index (χ1v) is 11.4. The monoisotopic (exact) mass is 424 g/mol. The molecule has 0 unspecified atom stereocenters. The van der Waals surface area contributed by atoms with Crippen LogP contribution in [0.1, 0.15) is 23.4 Å². The van der Waals surface area contributed by atoms with Gasteiger partial charge in [-0.05, 0) is 64.8 Å². The minimum absolute atomic E-state index is 0.982. The summed E-state index contributed by atoms with van der Waals surface area (Å²) in [6.07, 6.45) is 12.2. The molecular weight excluding hydrogens is 400 g/mol. The third-order valence-electron chi connectivity index (χ3n) is 6.56. The van der Waals surface area contributed by atoms with Crippen LogP contribution >= 0.6 is 0 Å². The number of allylic oxidation sites excluding steroid dienone is 5. The topological polar surface area (TPSA) is 17.3 Å². The molecule has 6 rings (SSSR count). The molecule has 1 aliphatic rings. The second-order valence-corrected chi connectivity index (χ2v) is 8.46. The van der Waals surface area contributed by atoms with E-state index in [1.165, 1.54) is 44.2 Å². The quantitative estimate of drug-likeness (QED) is 0.211. The van der Waals surface area contributed by atoms with Gasteiger partial charge in [-0.25, -0.2) is 4.98 Å². The lowest BCUT2D eigenvalue weighted by atomic mass is 9.97. The highest BCUT2D eigenvalue weighted by Crippen LogP contribution is 2.36. The zero-order chi connectivity index (χ0) is 22.4. The Balaban J connectivity index is 1.75. The molecule has 2 aromatic heterocycles. The molecule has 0 saturated heterocycles. The van der Waals surface area contributed by atoms with Crippen molar-refractivity contribution in [1.29, 1.82) is 0 Å². The highest BCUT2D eigenvalue weighted by atomic mass is 15.0. The average molecular weight is 425 g/mol. The molecule has 1 aliphatic carbocycles. The number of benzene rings is 3. The van der Waals surface area contributed by atoms with Crippen LogP contribution in [0.5, 0.6) is 0 Å². The molecule has 0 amide bonds. The second-order valence-electron chi connectivity index (χ2n) is 8.46. The SMILES string of the molecule is C=C/C=C(\C=C)c1ccc2c(c1)c1ccc(-c3ccccc3)cc1n1c3c(nc21)CCC=C3. The number of hydrogen-bond donors (Lipinski definition) is 0. The molecule has 3 aromatic carbocycles. The van der Waals surface area contributed by atoms with Gasteiger partial charge < -0.3 is 0 Å². The van der Waals surface area contributed by atoms with Crippen LogP contribution in [0.2, 0.25) is 0 Å². The lowest BCUT2D eigenvalue weighted by Gasteiger charge is -2.14. The van der Waals surface area contributed by atoms with Gasteiger partial charge in [0.2, 0.25) is 0 Å². The van der Waals surface area contributed by atoms with Crippen molar-refractivity contribution in [3.05, 3.63) is 121 Å². The predicted octanol–water partition coefficient (Wildman–Crippen LogP) is 8.02. The zero-order valence-electron chi connectivity index (χ0n) is 18.5. The van der Waals surface area contributed by atoms with E-state index in [4.69, 9.17) is 4.98 Å². The van der Waals surface area contributed by atoms with E-state index < -0.39 is 0 Å². The van der Waals surface area contributed by atoms with Crippen molar-refractivity contribution in [3.63, 3.8) is 0 Å². The fourth-order valence-corrected chi connectivity index (χ4v) is 4.98. The fourth-order valence-electron chi connectivity index (χ4n) is 4.98. The molecule has 0 atom stereocenters. The van der Waals surface area contributed by atoms with Gasteiger partial charge in [0.15, 0.2) is 0 Å². The normalized spacial score (nSPS) is 13.5. The molecule has 0 fully saturated rings. The molecule has 0 saturated carbocycles. The van der Waals surface area contributed by atoms with Gasteiger partial charge in [-0.1, -0.05) is 86.0 Å². The van der Waals surface area contributed by atoms with Crippen molar-refractivity contribution >= 4 is 39.0 Å². The number of imidazole rings is 1. The number of nitrogens with zero attached hydrogens (tertiary/aromatic N) is 2. The average Bonchev–Trinajstić information content (AvgIpc) is 3.27. The molecule has 5 aromatic rings. The van der Waals surface area contributed by atoms with Crippen LogP contribution in [-0.4, -0.2) is 9.38 Å². The number of hydrogen-bond acceptors (Lipinski definition) is 1. The van der Waals surface area contributed by atoms with Gasteiger partial charge in [0, 0.05) is 10.8 Å². The largest absolute Gasteiger partial charge is 0.292 e. The van der Waals surface area contributed by atoms with Gasteiger partial charge in [0.1, 0.15) is 5.65 Å². The summed E-state index contributed by atoms with van der Waals surface area (Å²) in [7, 11) is 0. The van der Waals surface area contributed by atoms with Crippen LogP contribution in [-0.2, 0) is 6.42 Å². The molecule has 0 radical (unpaired) electrons. The van der Waals surface area contributed by atoms with Crippen LogP contribution in [0.15, 0.2) is 104 Å². The first kappa shape index (κ1) is 19.5. The summed E-state index contributed by atoms with van der Waals surface area (Å²) >= 11 is 0. The van der Waals surface area contributed by atoms with Gasteiger partial charge in [-0.3, -0.25) is 4.40 Å². The van der Waals surface area contributed by atoms with Gasteiger partial charge in [0.25, 0.3) is 0 Å². The summed E-state index contributed by atoms with van der Waals surface area (Å²) in [5.74, 6) is 0. The third-order valence-corrected chi connectivity index (χ3v) is 6.56. The maximum atomic E-state index is 5.13. The standard InChI is InChI=1S/C31H24N2/c1-3-10-21(4-2)23-16-18-26-27(19-23)25-17-15-24(22-11-6-5-7-12-22)20-30(25)33-29-14-9-8-13-28(29)32-31(26)33/h3-7,9-12,14-20H,1-2,8,13H2/b21-10+. The highest BCUT2D eigenvalue weighted by Gasteiger charge is 2.19. The van der Waals surface area contributed by atoms with E-state index in [9.17, 15) is 0 Å². The summed E-state index contributed by atoms with van der Waals surface area (Å²) in [5, 5.41) is 3.60. The minimum atomic E-state index is 0.982. The Labute approximate surface area is 193 Å². The van der Waals surface area contributed by atoms with E-state index in [0.717, 1.165) is 29.6 Å². The van der Waals surface area contributed by atoms with Crippen molar-refractivity contribution in [2.24, 2.45) is 0 Å². The van der Waals surface area contributed by atoms with E-state index >= 15 is 0 Å². The van der Waals surface area contributed by atoms with Crippen molar-refractivity contribution in [2.45, 2.75) is 12.8 Å². The summed E-state index contributed by atoms with van der Waals surface area (Å²) in [4.78, 5) is 5.13. The number of aryl methyl sites for hydroxylation is 1. The maximum Gasteiger partial charge on any atom is 0.145 e. The van der Waals surface area contributed by atoms with E-state index in [-0.39, 0.29) is 0 Å². The number of pyridine rings is 1. The van der Waals surface area contributed by atoms with Crippen molar-refractivity contribution in [3.8, 4) is 11.1 Å². The lowest BCUT2D eigenvalue weighted by Crippen LogP contribution is -1.97. The first-order chi connectivity index (χ1) is 16.3. The van der Waals surface area contributed by atoms with Crippen LogP contribution in [0, 0.1) is 0 Å². The summed E-state index contributed by atoms with van der Waals surface area (Å²) in [6.45, 7) is 7.86. The van der Waals surface area contributed by atoms with Crippen molar-refractivity contribution in [1.82, 2.24) is 9.38 Å². The van der Waals surface area contributed by atoms with E-state index in [0.29, 0.717) is 0 Å². The second kappa shape index (κ2) is 7.75. The smallest absolute Gasteiger partial charge is 0.145 e. The molecule has 2 heteroatoms. The van der Waals surface area contributed by atoms with Crippen LogP contribution in [0.25, 0.3) is 50.1 Å². The molecular formula is C31H24N2. The molecule has 2 nitrogen and oxygen atoms in total. The molecule has 2 heterocycles. The summed E-state index contributed by atoms with van der Waals surface area (Å²) < 4.78 is 2.35. The number of aromatic nitrogens is 2. The highest BCUT2D eigenvalue weighted by molar-refractivity contribution is 6.13. The molecule has 0 spiro atoms. The van der Waals surface area contributed by atoms with Gasteiger partial charge in [-0.2, -0.15) is 0 Å². The summed E-state index contributed by atoms with van der Waals surface area (Å²) in [5.41, 5.74) is 9.21. The minimum Gasteiger partial charge on any atom is -0.292 e. The molecule has 0 aliphatic heterocycles. The van der Waals surface area contributed by atoms with Gasteiger partial charge in [0.05, 0.1) is 16.9 Å². The molecule has 158 valence electrons. The summed E-state index contributed by atoms with van der Waals surface area (Å²) in [6, 6.07) is 24.0. The van der Waals surface area contributed by atoms with Crippen LogP contribution in [0.3, 0.4) is 0 Å². The van der Waals surface area contributed by atoms with Crippen molar-refractivity contribution < 1.29 is 0 Å². The zero-order valence-corrected chi connectivity index (χ0v) is 18.5. The van der Waals surface area contributed by atoms with Crippen molar-refractivity contribution in [2.75, 3.05) is 0 Å². The third kappa shape index (κ3) is 3.07. The van der Waals surface area contributed by atoms with E-state index in [1.54, 1.807) is 0 Å². The Morgan fingerprint density at radius 2 is 1.73 bits per heavy atom. The Hall–Kier alpha value is -4.17. The maximum absolute atomic E-state index is 5.13.